The third-order valence-electron chi connectivity index (χ3n) is 4.24. The van der Waals surface area contributed by atoms with Gasteiger partial charge in [0, 0.05) is 26.2 Å². The van der Waals surface area contributed by atoms with Crippen LogP contribution >= 0.6 is 0 Å². The first kappa shape index (κ1) is 14.0. The molecule has 5 nitrogen and oxygen atoms in total. The van der Waals surface area contributed by atoms with Gasteiger partial charge in [-0.15, -0.1) is 0 Å². The molecule has 1 fully saturated rings. The summed E-state index contributed by atoms with van der Waals surface area (Å²) in [6, 6.07) is 2.24. The minimum atomic E-state index is 0.523. The standard InChI is InChI=1S/C15H26N4O/c1-18(7-2-4-15-5-3-9-20-15)12-13-10-14-11-16-6-8-19(14)17-13/h10,15-16H,2-9,11-12H2,1H3. The van der Waals surface area contributed by atoms with E-state index in [1.807, 2.05) is 0 Å². The number of ether oxygens (including phenoxy) is 1. The molecular formula is C15H26N4O. The predicted molar refractivity (Wildman–Crippen MR) is 78.5 cm³/mol. The van der Waals surface area contributed by atoms with Crippen LogP contribution < -0.4 is 5.32 Å². The highest BCUT2D eigenvalue weighted by Gasteiger charge is 2.16. The van der Waals surface area contributed by atoms with Gasteiger partial charge >= 0.3 is 0 Å². The summed E-state index contributed by atoms with van der Waals surface area (Å²) in [5.74, 6) is 0. The number of nitrogens with zero attached hydrogens (tertiary/aromatic N) is 3. The van der Waals surface area contributed by atoms with Crippen LogP contribution in [0.1, 0.15) is 37.1 Å². The van der Waals surface area contributed by atoms with Gasteiger partial charge in [0.1, 0.15) is 0 Å². The summed E-state index contributed by atoms with van der Waals surface area (Å²) in [5, 5.41) is 8.07. The second-order valence-corrected chi connectivity index (χ2v) is 6.04. The van der Waals surface area contributed by atoms with Gasteiger partial charge in [-0.3, -0.25) is 4.68 Å². The fraction of sp³-hybridized carbons (Fsp3) is 0.800. The van der Waals surface area contributed by atoms with Crippen LogP contribution in [0.25, 0.3) is 0 Å². The van der Waals surface area contributed by atoms with Gasteiger partial charge in [0.2, 0.25) is 0 Å². The van der Waals surface area contributed by atoms with Crippen LogP contribution in [0.4, 0.5) is 0 Å². The predicted octanol–water partition coefficient (Wildman–Crippen LogP) is 1.38. The molecule has 2 aliphatic rings. The number of hydrogen-bond donors (Lipinski definition) is 1. The fourth-order valence-electron chi connectivity index (χ4n) is 3.15. The summed E-state index contributed by atoms with van der Waals surface area (Å²) < 4.78 is 7.81. The third kappa shape index (κ3) is 3.59. The molecule has 0 amide bonds. The van der Waals surface area contributed by atoms with E-state index in [1.54, 1.807) is 0 Å². The van der Waals surface area contributed by atoms with Crippen molar-refractivity contribution in [3.05, 3.63) is 17.5 Å². The van der Waals surface area contributed by atoms with Gasteiger partial charge in [-0.1, -0.05) is 0 Å². The van der Waals surface area contributed by atoms with Crippen molar-refractivity contribution in [2.24, 2.45) is 0 Å². The molecule has 0 aliphatic carbocycles. The Hall–Kier alpha value is -0.910. The Morgan fingerprint density at radius 3 is 3.30 bits per heavy atom. The second-order valence-electron chi connectivity index (χ2n) is 6.04. The Bertz CT molecular complexity index is 402. The first-order chi connectivity index (χ1) is 9.81. The number of fused-ring (bicyclic) bond motifs is 1. The van der Waals surface area contributed by atoms with Crippen molar-refractivity contribution in [3.63, 3.8) is 0 Å². The Kier molecular flexibility index (Phi) is 4.70. The lowest BCUT2D eigenvalue weighted by atomic mass is 10.1. The zero-order chi connectivity index (χ0) is 13.8. The molecule has 5 heteroatoms. The quantitative estimate of drug-likeness (QED) is 0.853. The van der Waals surface area contributed by atoms with E-state index < -0.39 is 0 Å². The normalized spacial score (nSPS) is 22.4. The highest BCUT2D eigenvalue weighted by Crippen LogP contribution is 2.17. The molecule has 0 aromatic carbocycles. The number of aromatic nitrogens is 2. The van der Waals surface area contributed by atoms with Gasteiger partial charge in [0.15, 0.2) is 0 Å². The van der Waals surface area contributed by atoms with Crippen molar-refractivity contribution < 1.29 is 4.74 Å². The minimum Gasteiger partial charge on any atom is -0.378 e. The molecule has 1 unspecified atom stereocenters. The molecule has 1 saturated heterocycles. The van der Waals surface area contributed by atoms with Crippen molar-refractivity contribution in [1.29, 1.82) is 0 Å². The van der Waals surface area contributed by atoms with Gasteiger partial charge in [-0.05, 0) is 45.3 Å². The van der Waals surface area contributed by atoms with Gasteiger partial charge in [0.25, 0.3) is 0 Å². The van der Waals surface area contributed by atoms with Crippen LogP contribution in [0.15, 0.2) is 6.07 Å². The van der Waals surface area contributed by atoms with E-state index in [1.165, 1.54) is 37.1 Å². The molecule has 0 spiro atoms. The molecule has 1 atom stereocenters. The fourth-order valence-corrected chi connectivity index (χ4v) is 3.15. The zero-order valence-electron chi connectivity index (χ0n) is 12.5. The van der Waals surface area contributed by atoms with E-state index in [0.717, 1.165) is 39.3 Å². The van der Waals surface area contributed by atoms with Crippen LogP contribution in [0.2, 0.25) is 0 Å². The van der Waals surface area contributed by atoms with Gasteiger partial charge in [-0.25, -0.2) is 0 Å². The van der Waals surface area contributed by atoms with Crippen LogP contribution in [-0.2, 0) is 24.4 Å². The molecule has 0 bridgehead atoms. The van der Waals surface area contributed by atoms with E-state index in [-0.39, 0.29) is 0 Å². The van der Waals surface area contributed by atoms with E-state index >= 15 is 0 Å². The number of rotatable bonds is 6. The van der Waals surface area contributed by atoms with Crippen LogP contribution in [0.5, 0.6) is 0 Å². The molecule has 0 radical (unpaired) electrons. The molecule has 2 aliphatic heterocycles. The lowest BCUT2D eigenvalue weighted by Gasteiger charge is -2.16. The molecule has 112 valence electrons. The van der Waals surface area contributed by atoms with Gasteiger partial charge in [-0.2, -0.15) is 5.10 Å². The van der Waals surface area contributed by atoms with E-state index in [2.05, 4.69) is 33.1 Å². The topological polar surface area (TPSA) is 42.3 Å². The van der Waals surface area contributed by atoms with Crippen molar-refractivity contribution in [2.45, 2.75) is 51.4 Å². The minimum absolute atomic E-state index is 0.523. The summed E-state index contributed by atoms with van der Waals surface area (Å²) in [6.45, 7) is 6.03. The maximum atomic E-state index is 5.67. The summed E-state index contributed by atoms with van der Waals surface area (Å²) in [7, 11) is 2.19. The molecule has 1 N–H and O–H groups in total. The smallest absolute Gasteiger partial charge is 0.0768 e. The number of nitrogens with one attached hydrogen (secondary N) is 1. The van der Waals surface area contributed by atoms with E-state index in [9.17, 15) is 0 Å². The second kappa shape index (κ2) is 6.70. The SMILES string of the molecule is CN(CCCC1CCCO1)Cc1cc2n(n1)CCNC2. The average molecular weight is 278 g/mol. The lowest BCUT2D eigenvalue weighted by molar-refractivity contribution is 0.0994. The Balaban J connectivity index is 1.41. The first-order valence-corrected chi connectivity index (χ1v) is 7.88. The number of hydrogen-bond acceptors (Lipinski definition) is 4. The molecule has 1 aromatic heterocycles. The molecule has 0 saturated carbocycles. The highest BCUT2D eigenvalue weighted by molar-refractivity contribution is 5.11. The molecule has 3 heterocycles. The monoisotopic (exact) mass is 278 g/mol. The van der Waals surface area contributed by atoms with Crippen LogP contribution in [-0.4, -0.2) is 47.5 Å². The van der Waals surface area contributed by atoms with E-state index in [4.69, 9.17) is 4.74 Å². The summed E-state index contributed by atoms with van der Waals surface area (Å²) in [4.78, 5) is 2.37. The molecule has 20 heavy (non-hydrogen) atoms. The van der Waals surface area contributed by atoms with Gasteiger partial charge in [0.05, 0.1) is 24.0 Å². The summed E-state index contributed by atoms with van der Waals surface area (Å²) in [5.41, 5.74) is 2.52. The van der Waals surface area contributed by atoms with E-state index in [0.29, 0.717) is 6.10 Å². The summed E-state index contributed by atoms with van der Waals surface area (Å²) in [6.07, 6.45) is 5.44. The summed E-state index contributed by atoms with van der Waals surface area (Å²) >= 11 is 0. The van der Waals surface area contributed by atoms with Crippen molar-refractivity contribution >= 4 is 0 Å². The molecular weight excluding hydrogens is 252 g/mol. The Morgan fingerprint density at radius 1 is 1.55 bits per heavy atom. The Labute approximate surface area is 121 Å². The average Bonchev–Trinajstić information content (AvgIpc) is 3.06. The Morgan fingerprint density at radius 2 is 2.50 bits per heavy atom. The highest BCUT2D eigenvalue weighted by atomic mass is 16.5. The van der Waals surface area contributed by atoms with Crippen LogP contribution in [0.3, 0.4) is 0 Å². The van der Waals surface area contributed by atoms with Gasteiger partial charge < -0.3 is 15.0 Å². The van der Waals surface area contributed by atoms with Crippen molar-refractivity contribution in [1.82, 2.24) is 20.0 Å². The first-order valence-electron chi connectivity index (χ1n) is 7.88. The van der Waals surface area contributed by atoms with Crippen molar-refractivity contribution in [3.8, 4) is 0 Å². The zero-order valence-corrected chi connectivity index (χ0v) is 12.5. The maximum Gasteiger partial charge on any atom is 0.0768 e. The maximum absolute atomic E-state index is 5.67. The third-order valence-corrected chi connectivity index (χ3v) is 4.24. The molecule has 1 aromatic rings. The lowest BCUT2D eigenvalue weighted by Crippen LogP contribution is -2.28. The van der Waals surface area contributed by atoms with Crippen molar-refractivity contribution in [2.75, 3.05) is 26.7 Å². The molecule has 3 rings (SSSR count). The van der Waals surface area contributed by atoms with Crippen LogP contribution in [0, 0.1) is 0 Å². The largest absolute Gasteiger partial charge is 0.378 e.